The summed E-state index contributed by atoms with van der Waals surface area (Å²) in [7, 11) is 0. The van der Waals surface area contributed by atoms with Gasteiger partial charge in [0.15, 0.2) is 0 Å². The highest BCUT2D eigenvalue weighted by Crippen LogP contribution is 2.41. The largest absolute Gasteiger partial charge is 0.417 e. The lowest BCUT2D eigenvalue weighted by atomic mass is 9.90. The number of hydrogen-bond donors (Lipinski definition) is 2. The van der Waals surface area contributed by atoms with Crippen LogP contribution in [0.3, 0.4) is 0 Å². The zero-order valence-electron chi connectivity index (χ0n) is 12.4. The molecule has 0 radical (unpaired) electrons. The van der Waals surface area contributed by atoms with Crippen LogP contribution >= 0.6 is 11.3 Å². The number of pyridine rings is 1. The highest BCUT2D eigenvalue weighted by molar-refractivity contribution is 7.25. The maximum atomic E-state index is 13.5. The lowest BCUT2D eigenvalue weighted by Gasteiger charge is -2.19. The predicted octanol–water partition coefficient (Wildman–Crippen LogP) is 3.14. The van der Waals surface area contributed by atoms with Crippen molar-refractivity contribution >= 4 is 31.8 Å². The number of nitrogens with zero attached hydrogens (tertiary/aromatic N) is 1. The van der Waals surface area contributed by atoms with E-state index in [2.05, 4.69) is 9.97 Å². The van der Waals surface area contributed by atoms with E-state index >= 15 is 0 Å². The van der Waals surface area contributed by atoms with E-state index in [-0.39, 0.29) is 26.1 Å². The molecule has 3 heterocycles. The SMILES string of the molecule is CC(C)(C)c1cc(C(F)(F)F)c2c(n1)sc1c(=O)[nH]c(=O)[nH]c12. The lowest BCUT2D eigenvalue weighted by Crippen LogP contribution is -2.21. The van der Waals surface area contributed by atoms with Crippen molar-refractivity contribution in [2.24, 2.45) is 0 Å². The molecule has 0 fully saturated rings. The minimum Gasteiger partial charge on any atom is -0.305 e. The van der Waals surface area contributed by atoms with Gasteiger partial charge in [0.2, 0.25) is 0 Å². The number of alkyl halides is 3. The number of thiophene rings is 1. The summed E-state index contributed by atoms with van der Waals surface area (Å²) in [6.45, 7) is 5.26. The zero-order valence-corrected chi connectivity index (χ0v) is 13.2. The number of halogens is 3. The summed E-state index contributed by atoms with van der Waals surface area (Å²) in [6.07, 6.45) is -4.63. The van der Waals surface area contributed by atoms with Crippen LogP contribution in [0.5, 0.6) is 0 Å². The van der Waals surface area contributed by atoms with Crippen molar-refractivity contribution in [2.45, 2.75) is 32.4 Å². The standard InChI is InChI=1S/C14H12F3N3O2S/c1-13(2,3)6-4-5(14(15,16)17)7-8-9(23-11(7)18-6)10(21)20-12(22)19-8/h4H,1-3H3,(H2,19,20,21,22). The number of aromatic amines is 2. The summed E-state index contributed by atoms with van der Waals surface area (Å²) >= 11 is 0.833. The van der Waals surface area contributed by atoms with Crippen LogP contribution in [0.4, 0.5) is 13.2 Å². The fourth-order valence-electron chi connectivity index (χ4n) is 2.29. The second kappa shape index (κ2) is 4.67. The minimum absolute atomic E-state index is 0.0173. The van der Waals surface area contributed by atoms with E-state index in [1.54, 1.807) is 20.8 Å². The maximum Gasteiger partial charge on any atom is 0.417 e. The molecular weight excluding hydrogens is 331 g/mol. The van der Waals surface area contributed by atoms with E-state index < -0.39 is 28.4 Å². The Morgan fingerprint density at radius 3 is 2.35 bits per heavy atom. The van der Waals surface area contributed by atoms with Crippen molar-refractivity contribution in [3.63, 3.8) is 0 Å². The van der Waals surface area contributed by atoms with Crippen molar-refractivity contribution in [3.05, 3.63) is 38.2 Å². The number of nitrogens with one attached hydrogen (secondary N) is 2. The van der Waals surface area contributed by atoms with Gasteiger partial charge in [0.05, 0.1) is 11.1 Å². The van der Waals surface area contributed by atoms with Crippen LogP contribution in [0.2, 0.25) is 0 Å². The van der Waals surface area contributed by atoms with Crippen LogP contribution in [0.1, 0.15) is 32.0 Å². The van der Waals surface area contributed by atoms with Gasteiger partial charge < -0.3 is 4.98 Å². The monoisotopic (exact) mass is 343 g/mol. The molecule has 122 valence electrons. The first-order chi connectivity index (χ1) is 10.5. The van der Waals surface area contributed by atoms with Gasteiger partial charge in [0, 0.05) is 16.5 Å². The highest BCUT2D eigenvalue weighted by Gasteiger charge is 2.36. The van der Waals surface area contributed by atoms with Crippen LogP contribution in [0.15, 0.2) is 15.7 Å². The quantitative estimate of drug-likeness (QED) is 0.658. The first-order valence-electron chi connectivity index (χ1n) is 6.66. The summed E-state index contributed by atoms with van der Waals surface area (Å²) in [4.78, 5) is 31.9. The first kappa shape index (κ1) is 15.7. The highest BCUT2D eigenvalue weighted by atomic mass is 32.1. The first-order valence-corrected chi connectivity index (χ1v) is 7.47. The number of fused-ring (bicyclic) bond motifs is 3. The van der Waals surface area contributed by atoms with Crippen molar-refractivity contribution in [3.8, 4) is 0 Å². The Morgan fingerprint density at radius 2 is 1.78 bits per heavy atom. The van der Waals surface area contributed by atoms with Crippen molar-refractivity contribution in [2.75, 3.05) is 0 Å². The summed E-state index contributed by atoms with van der Waals surface area (Å²) in [5.74, 6) is 0. The zero-order chi connectivity index (χ0) is 17.2. The number of rotatable bonds is 0. The average molecular weight is 343 g/mol. The predicted molar refractivity (Wildman–Crippen MR) is 82.1 cm³/mol. The fourth-order valence-corrected chi connectivity index (χ4v) is 3.34. The summed E-state index contributed by atoms with van der Waals surface area (Å²) < 4.78 is 40.5. The Kier molecular flexibility index (Phi) is 3.19. The van der Waals surface area contributed by atoms with Crippen LogP contribution in [0.25, 0.3) is 20.4 Å². The van der Waals surface area contributed by atoms with Crippen LogP contribution in [-0.2, 0) is 11.6 Å². The van der Waals surface area contributed by atoms with Crippen LogP contribution < -0.4 is 11.2 Å². The Hall–Kier alpha value is -2.16. The molecule has 23 heavy (non-hydrogen) atoms. The van der Waals surface area contributed by atoms with E-state index in [1.165, 1.54) is 0 Å². The summed E-state index contributed by atoms with van der Waals surface area (Å²) in [6, 6.07) is 0.980. The number of hydrogen-bond acceptors (Lipinski definition) is 4. The van der Waals surface area contributed by atoms with Gasteiger partial charge in [-0.1, -0.05) is 20.8 Å². The van der Waals surface area contributed by atoms with Gasteiger partial charge >= 0.3 is 11.9 Å². The smallest absolute Gasteiger partial charge is 0.305 e. The Balaban J connectivity index is 2.59. The van der Waals surface area contributed by atoms with Crippen molar-refractivity contribution < 1.29 is 13.2 Å². The third kappa shape index (κ3) is 2.54. The van der Waals surface area contributed by atoms with Gasteiger partial charge in [-0.3, -0.25) is 9.78 Å². The number of H-pyrrole nitrogens is 2. The van der Waals surface area contributed by atoms with E-state index in [4.69, 9.17) is 0 Å². The van der Waals surface area contributed by atoms with Gasteiger partial charge in [-0.2, -0.15) is 13.2 Å². The fraction of sp³-hybridized carbons (Fsp3) is 0.357. The van der Waals surface area contributed by atoms with E-state index in [1.807, 2.05) is 4.98 Å². The molecule has 0 amide bonds. The number of aromatic nitrogens is 3. The average Bonchev–Trinajstić information content (AvgIpc) is 2.74. The molecule has 0 unspecified atom stereocenters. The van der Waals surface area contributed by atoms with Gasteiger partial charge in [-0.25, -0.2) is 9.78 Å². The van der Waals surface area contributed by atoms with Crippen molar-refractivity contribution in [1.29, 1.82) is 0 Å². The summed E-state index contributed by atoms with van der Waals surface area (Å²) in [5.41, 5.74) is -2.93. The van der Waals surface area contributed by atoms with Gasteiger partial charge in [-0.05, 0) is 6.07 Å². The molecule has 3 aromatic rings. The Bertz CT molecular complexity index is 1040. The van der Waals surface area contributed by atoms with Gasteiger partial charge in [0.1, 0.15) is 9.53 Å². The molecule has 0 aromatic carbocycles. The van der Waals surface area contributed by atoms with Crippen LogP contribution in [0, 0.1) is 0 Å². The third-order valence-corrected chi connectivity index (χ3v) is 4.49. The molecule has 5 nitrogen and oxygen atoms in total. The van der Waals surface area contributed by atoms with Gasteiger partial charge in [-0.15, -0.1) is 11.3 Å². The minimum atomic E-state index is -4.63. The lowest BCUT2D eigenvalue weighted by molar-refractivity contribution is -0.136. The summed E-state index contributed by atoms with van der Waals surface area (Å²) in [5, 5.41) is -0.242. The molecule has 0 aliphatic heterocycles. The molecule has 0 atom stereocenters. The topological polar surface area (TPSA) is 78.6 Å². The third-order valence-electron chi connectivity index (χ3n) is 3.41. The Labute approximate surface area is 131 Å². The molecule has 0 saturated carbocycles. The van der Waals surface area contributed by atoms with E-state index in [0.29, 0.717) is 0 Å². The maximum absolute atomic E-state index is 13.5. The molecule has 0 bridgehead atoms. The molecule has 3 rings (SSSR count). The Morgan fingerprint density at radius 1 is 1.13 bits per heavy atom. The second-order valence-corrected chi connectivity index (χ2v) is 7.20. The molecular formula is C14H12F3N3O2S. The van der Waals surface area contributed by atoms with E-state index in [9.17, 15) is 22.8 Å². The molecule has 0 aliphatic rings. The van der Waals surface area contributed by atoms with Gasteiger partial charge in [0.25, 0.3) is 5.56 Å². The molecule has 2 N–H and O–H groups in total. The van der Waals surface area contributed by atoms with E-state index in [0.717, 1.165) is 17.4 Å². The molecule has 9 heteroatoms. The van der Waals surface area contributed by atoms with Crippen molar-refractivity contribution in [1.82, 2.24) is 15.0 Å². The molecule has 0 aliphatic carbocycles. The second-order valence-electron chi connectivity index (χ2n) is 6.20. The molecule has 3 aromatic heterocycles. The molecule has 0 saturated heterocycles. The van der Waals surface area contributed by atoms with Crippen LogP contribution in [-0.4, -0.2) is 15.0 Å². The normalized spacial score (nSPS) is 13.1. The molecule has 0 spiro atoms.